The van der Waals surface area contributed by atoms with Gasteiger partial charge in [-0.3, -0.25) is 5.10 Å². The molecule has 0 atom stereocenters. The summed E-state index contributed by atoms with van der Waals surface area (Å²) in [5, 5.41) is 6.59. The molecular weight excluding hydrogens is 417 g/mol. The molecule has 2 heterocycles. The first-order valence-corrected chi connectivity index (χ1v) is 9.99. The standard InChI is InChI=1S/C20H15F3N4O2S/c21-20(22,23)15-10-16(14-8-4-5-12(9-14)11-24-30(28)29)25-19-17(15)18(26-27-19)13-6-2-1-3-7-13/h1-10,30H,11H2,(H,24,28,29)(H,25,26,27). The summed E-state index contributed by atoms with van der Waals surface area (Å²) in [6, 6.07) is 16.1. The third-order valence-corrected chi connectivity index (χ3v) is 4.93. The number of benzene rings is 2. The zero-order valence-electron chi connectivity index (χ0n) is 15.3. The molecule has 0 bridgehead atoms. The van der Waals surface area contributed by atoms with Crippen LogP contribution in [-0.4, -0.2) is 23.6 Å². The average molecular weight is 432 g/mol. The smallest absolute Gasteiger partial charge is 0.260 e. The Morgan fingerprint density at radius 1 is 0.967 bits per heavy atom. The third-order valence-electron chi connectivity index (χ3n) is 4.52. The maximum Gasteiger partial charge on any atom is 0.417 e. The highest BCUT2D eigenvalue weighted by molar-refractivity contribution is 7.70. The van der Waals surface area contributed by atoms with Crippen LogP contribution in [0.2, 0.25) is 0 Å². The third kappa shape index (κ3) is 4.05. The van der Waals surface area contributed by atoms with Crippen molar-refractivity contribution >= 4 is 21.9 Å². The quantitative estimate of drug-likeness (QED) is 0.417. The van der Waals surface area contributed by atoms with Crippen molar-refractivity contribution in [3.63, 3.8) is 0 Å². The van der Waals surface area contributed by atoms with Crippen LogP contribution in [0.4, 0.5) is 13.2 Å². The van der Waals surface area contributed by atoms with Gasteiger partial charge in [-0.15, -0.1) is 0 Å². The Kier molecular flexibility index (Phi) is 5.27. The van der Waals surface area contributed by atoms with Crippen LogP contribution < -0.4 is 4.72 Å². The van der Waals surface area contributed by atoms with Gasteiger partial charge in [0.05, 0.1) is 16.6 Å². The molecule has 154 valence electrons. The first kappa shape index (κ1) is 20.0. The van der Waals surface area contributed by atoms with Crippen LogP contribution in [0.3, 0.4) is 0 Å². The molecular formula is C20H15F3N4O2S. The van der Waals surface area contributed by atoms with Gasteiger partial charge in [0.2, 0.25) is 10.9 Å². The fraction of sp³-hybridized carbons (Fsp3) is 0.100. The Morgan fingerprint density at radius 3 is 2.40 bits per heavy atom. The van der Waals surface area contributed by atoms with E-state index in [1.54, 1.807) is 54.6 Å². The number of thiol groups is 1. The molecule has 30 heavy (non-hydrogen) atoms. The highest BCUT2D eigenvalue weighted by Crippen LogP contribution is 2.40. The second-order valence-corrected chi connectivity index (χ2v) is 7.34. The van der Waals surface area contributed by atoms with Crippen molar-refractivity contribution in [1.29, 1.82) is 0 Å². The molecule has 6 nitrogen and oxygen atoms in total. The maximum atomic E-state index is 13.9. The summed E-state index contributed by atoms with van der Waals surface area (Å²) in [6.45, 7) is 0.0309. The molecule has 2 aromatic carbocycles. The largest absolute Gasteiger partial charge is 0.417 e. The van der Waals surface area contributed by atoms with Gasteiger partial charge < -0.3 is 0 Å². The highest BCUT2D eigenvalue weighted by atomic mass is 32.2. The van der Waals surface area contributed by atoms with Crippen LogP contribution in [0, 0.1) is 0 Å². The lowest BCUT2D eigenvalue weighted by Crippen LogP contribution is -2.10. The number of nitrogens with zero attached hydrogens (tertiary/aromatic N) is 2. The zero-order chi connectivity index (χ0) is 21.3. The SMILES string of the molecule is O=[SH](=O)NCc1cccc(-c2cc(C(F)(F)F)c3c(-c4ccccc4)n[nH]c3n2)c1. The summed E-state index contributed by atoms with van der Waals surface area (Å²) >= 11 is 0. The van der Waals surface area contributed by atoms with Crippen LogP contribution >= 0.6 is 0 Å². The number of aromatic nitrogens is 3. The van der Waals surface area contributed by atoms with E-state index in [1.165, 1.54) is 0 Å². The first-order valence-electron chi connectivity index (χ1n) is 8.82. The Hall–Kier alpha value is -3.24. The Labute approximate surface area is 170 Å². The minimum Gasteiger partial charge on any atom is -0.260 e. The first-order chi connectivity index (χ1) is 14.3. The molecule has 0 aliphatic rings. The van der Waals surface area contributed by atoms with E-state index in [1.807, 2.05) is 0 Å². The average Bonchev–Trinajstić information content (AvgIpc) is 3.15. The normalized spacial score (nSPS) is 12.0. The van der Waals surface area contributed by atoms with Crippen molar-refractivity contribution in [3.05, 3.63) is 71.8 Å². The molecule has 0 aliphatic heterocycles. The van der Waals surface area contributed by atoms with Gasteiger partial charge in [0.1, 0.15) is 5.69 Å². The van der Waals surface area contributed by atoms with E-state index in [2.05, 4.69) is 19.9 Å². The number of hydrogen-bond acceptors (Lipinski definition) is 4. The number of pyridine rings is 1. The van der Waals surface area contributed by atoms with Gasteiger partial charge in [-0.2, -0.15) is 18.3 Å². The second-order valence-electron chi connectivity index (χ2n) is 6.51. The lowest BCUT2D eigenvalue weighted by Gasteiger charge is -2.12. The van der Waals surface area contributed by atoms with Crippen molar-refractivity contribution in [3.8, 4) is 22.5 Å². The van der Waals surface area contributed by atoms with Crippen LogP contribution in [0.15, 0.2) is 60.7 Å². The van der Waals surface area contributed by atoms with Crippen LogP contribution in [0.25, 0.3) is 33.5 Å². The summed E-state index contributed by atoms with van der Waals surface area (Å²) in [4.78, 5) is 4.34. The molecule has 0 fully saturated rings. The predicted octanol–water partition coefficient (Wildman–Crippen LogP) is 3.93. The predicted molar refractivity (Wildman–Crippen MR) is 107 cm³/mol. The van der Waals surface area contributed by atoms with Gasteiger partial charge in [-0.05, 0) is 17.7 Å². The summed E-state index contributed by atoms with van der Waals surface area (Å²) in [6.07, 6.45) is -4.62. The number of fused-ring (bicyclic) bond motifs is 1. The van der Waals surface area contributed by atoms with Gasteiger partial charge in [-0.1, -0.05) is 48.5 Å². The number of nitrogens with one attached hydrogen (secondary N) is 2. The Balaban J connectivity index is 1.87. The molecule has 0 saturated carbocycles. The molecule has 2 aromatic heterocycles. The van der Waals surface area contributed by atoms with Crippen molar-refractivity contribution in [2.75, 3.05) is 0 Å². The van der Waals surface area contributed by atoms with Gasteiger partial charge in [-0.25, -0.2) is 18.1 Å². The van der Waals surface area contributed by atoms with E-state index in [-0.39, 0.29) is 29.0 Å². The molecule has 0 unspecified atom stereocenters. The molecule has 10 heteroatoms. The number of hydrogen-bond donors (Lipinski definition) is 3. The summed E-state index contributed by atoms with van der Waals surface area (Å²) < 4.78 is 65.5. The summed E-state index contributed by atoms with van der Waals surface area (Å²) in [5.41, 5.74) is 1.02. The number of halogens is 3. The van der Waals surface area contributed by atoms with Crippen molar-refractivity contribution in [2.24, 2.45) is 0 Å². The number of alkyl halides is 3. The van der Waals surface area contributed by atoms with E-state index < -0.39 is 22.6 Å². The lowest BCUT2D eigenvalue weighted by atomic mass is 10.0. The highest BCUT2D eigenvalue weighted by Gasteiger charge is 2.35. The van der Waals surface area contributed by atoms with Gasteiger partial charge in [0.15, 0.2) is 5.65 Å². The minimum atomic E-state index is -4.62. The van der Waals surface area contributed by atoms with Crippen molar-refractivity contribution in [1.82, 2.24) is 19.9 Å². The molecule has 4 aromatic rings. The van der Waals surface area contributed by atoms with E-state index >= 15 is 0 Å². The topological polar surface area (TPSA) is 87.7 Å². The minimum absolute atomic E-state index is 0.0184. The van der Waals surface area contributed by atoms with E-state index in [0.29, 0.717) is 16.7 Å². The molecule has 2 N–H and O–H groups in total. The molecule has 0 aliphatic carbocycles. The number of H-pyrrole nitrogens is 1. The molecule has 0 saturated heterocycles. The van der Waals surface area contributed by atoms with Crippen LogP contribution in [0.1, 0.15) is 11.1 Å². The monoisotopic (exact) mass is 432 g/mol. The van der Waals surface area contributed by atoms with Crippen molar-refractivity contribution < 1.29 is 21.6 Å². The summed E-state index contributed by atoms with van der Waals surface area (Å²) in [7, 11) is -2.78. The van der Waals surface area contributed by atoms with E-state index in [0.717, 1.165) is 6.07 Å². The summed E-state index contributed by atoms with van der Waals surface area (Å²) in [5.74, 6) is 0. The maximum absolute atomic E-state index is 13.9. The van der Waals surface area contributed by atoms with Gasteiger partial charge in [0, 0.05) is 17.7 Å². The van der Waals surface area contributed by atoms with E-state index in [4.69, 9.17) is 0 Å². The fourth-order valence-electron chi connectivity index (χ4n) is 3.20. The molecule has 0 spiro atoms. The van der Waals surface area contributed by atoms with Gasteiger partial charge >= 0.3 is 6.18 Å². The molecule has 0 amide bonds. The number of aromatic amines is 1. The van der Waals surface area contributed by atoms with Crippen molar-refractivity contribution in [2.45, 2.75) is 12.7 Å². The fourth-order valence-corrected chi connectivity index (χ4v) is 3.51. The van der Waals surface area contributed by atoms with Gasteiger partial charge in [0.25, 0.3) is 0 Å². The van der Waals surface area contributed by atoms with Crippen LogP contribution in [0.5, 0.6) is 0 Å². The Bertz CT molecular complexity index is 1280. The zero-order valence-corrected chi connectivity index (χ0v) is 16.2. The van der Waals surface area contributed by atoms with E-state index in [9.17, 15) is 21.6 Å². The van der Waals surface area contributed by atoms with Crippen LogP contribution in [-0.2, 0) is 23.6 Å². The molecule has 0 radical (unpaired) electrons. The second kappa shape index (κ2) is 7.88. The molecule has 4 rings (SSSR count). The lowest BCUT2D eigenvalue weighted by molar-refractivity contribution is -0.136. The number of rotatable bonds is 5. The Morgan fingerprint density at radius 2 is 1.70 bits per heavy atom.